The summed E-state index contributed by atoms with van der Waals surface area (Å²) < 4.78 is 9.87. The summed E-state index contributed by atoms with van der Waals surface area (Å²) in [4.78, 5) is 11.5. The fourth-order valence-electron chi connectivity index (χ4n) is 1.16. The van der Waals surface area contributed by atoms with Gasteiger partial charge >= 0.3 is 0 Å². The van der Waals surface area contributed by atoms with Crippen LogP contribution in [0.1, 0.15) is 5.76 Å². The molecule has 2 rings (SSSR count). The Hall–Kier alpha value is -1.81. The molecule has 2 heterocycles. The van der Waals surface area contributed by atoms with E-state index in [1.807, 2.05) is 0 Å². The topological polar surface area (TPSA) is 63.6 Å². The van der Waals surface area contributed by atoms with Gasteiger partial charge in [0.15, 0.2) is 5.43 Å². The van der Waals surface area contributed by atoms with Gasteiger partial charge in [0.05, 0.1) is 18.1 Å². The molecule has 2 aromatic rings. The average molecular weight is 192 g/mol. The Kier molecular flexibility index (Phi) is 2.20. The van der Waals surface area contributed by atoms with Crippen molar-refractivity contribution in [3.8, 4) is 11.1 Å². The minimum absolute atomic E-state index is 0.193. The maximum Gasteiger partial charge on any atom is 0.193 e. The first-order valence-electron chi connectivity index (χ1n) is 4.06. The van der Waals surface area contributed by atoms with Crippen LogP contribution < -0.4 is 5.43 Å². The molecular weight excluding hydrogens is 184 g/mol. The molecule has 0 amide bonds. The van der Waals surface area contributed by atoms with Gasteiger partial charge in [0.2, 0.25) is 0 Å². The molecule has 0 saturated carbocycles. The molecule has 4 nitrogen and oxygen atoms in total. The molecule has 0 aliphatic carbocycles. The first-order chi connectivity index (χ1) is 6.81. The maximum atomic E-state index is 11.5. The van der Waals surface area contributed by atoms with E-state index in [1.165, 1.54) is 24.9 Å². The van der Waals surface area contributed by atoms with Crippen LogP contribution in [-0.4, -0.2) is 5.11 Å². The molecule has 0 bridgehead atoms. The lowest BCUT2D eigenvalue weighted by atomic mass is 10.1. The Morgan fingerprint density at radius 1 is 1.36 bits per heavy atom. The van der Waals surface area contributed by atoms with Crippen molar-refractivity contribution in [2.45, 2.75) is 6.61 Å². The molecule has 0 unspecified atom stereocenters. The smallest absolute Gasteiger partial charge is 0.193 e. The first-order valence-corrected chi connectivity index (χ1v) is 4.06. The highest BCUT2D eigenvalue weighted by Crippen LogP contribution is 2.15. The Labute approximate surface area is 79.4 Å². The van der Waals surface area contributed by atoms with E-state index in [0.29, 0.717) is 11.1 Å². The Morgan fingerprint density at radius 3 is 2.79 bits per heavy atom. The number of furan rings is 1. The van der Waals surface area contributed by atoms with Crippen LogP contribution >= 0.6 is 0 Å². The Bertz CT molecular complexity index is 467. The third kappa shape index (κ3) is 1.47. The minimum atomic E-state index is -0.277. The second-order valence-corrected chi connectivity index (χ2v) is 2.79. The van der Waals surface area contributed by atoms with E-state index >= 15 is 0 Å². The predicted molar refractivity (Wildman–Crippen MR) is 48.6 cm³/mol. The quantitative estimate of drug-likeness (QED) is 0.780. The molecule has 0 radical (unpaired) electrons. The lowest BCUT2D eigenvalue weighted by molar-refractivity contribution is 0.244. The summed E-state index contributed by atoms with van der Waals surface area (Å²) in [6.45, 7) is -0.277. The molecule has 0 saturated heterocycles. The van der Waals surface area contributed by atoms with Crippen molar-refractivity contribution < 1.29 is 13.9 Å². The molecule has 2 aromatic heterocycles. The third-order valence-corrected chi connectivity index (χ3v) is 1.87. The van der Waals surface area contributed by atoms with E-state index in [1.54, 1.807) is 6.07 Å². The minimum Gasteiger partial charge on any atom is -0.472 e. The van der Waals surface area contributed by atoms with Crippen LogP contribution in [0.2, 0.25) is 0 Å². The van der Waals surface area contributed by atoms with Gasteiger partial charge in [0.1, 0.15) is 18.6 Å². The summed E-state index contributed by atoms with van der Waals surface area (Å²) in [6, 6.07) is 2.94. The van der Waals surface area contributed by atoms with Gasteiger partial charge in [-0.1, -0.05) is 0 Å². The molecule has 4 heteroatoms. The van der Waals surface area contributed by atoms with Crippen LogP contribution in [0, 0.1) is 0 Å². The van der Waals surface area contributed by atoms with Gasteiger partial charge in [-0.25, -0.2) is 0 Å². The van der Waals surface area contributed by atoms with Crippen LogP contribution in [0.15, 0.2) is 44.6 Å². The van der Waals surface area contributed by atoms with Crippen molar-refractivity contribution in [1.29, 1.82) is 0 Å². The number of aliphatic hydroxyl groups excluding tert-OH is 1. The van der Waals surface area contributed by atoms with E-state index in [9.17, 15) is 4.79 Å². The van der Waals surface area contributed by atoms with Crippen LogP contribution in [-0.2, 0) is 6.61 Å². The fourth-order valence-corrected chi connectivity index (χ4v) is 1.16. The van der Waals surface area contributed by atoms with Crippen molar-refractivity contribution >= 4 is 0 Å². The van der Waals surface area contributed by atoms with E-state index in [-0.39, 0.29) is 17.8 Å². The average Bonchev–Trinajstić information content (AvgIpc) is 2.70. The monoisotopic (exact) mass is 192 g/mol. The van der Waals surface area contributed by atoms with Gasteiger partial charge in [-0.05, 0) is 6.07 Å². The van der Waals surface area contributed by atoms with Gasteiger partial charge in [-0.15, -0.1) is 0 Å². The summed E-state index contributed by atoms with van der Waals surface area (Å²) in [7, 11) is 0. The summed E-state index contributed by atoms with van der Waals surface area (Å²) in [5, 5.41) is 8.73. The molecule has 72 valence electrons. The molecule has 0 spiro atoms. The van der Waals surface area contributed by atoms with Crippen LogP contribution in [0.5, 0.6) is 0 Å². The molecule has 0 aromatic carbocycles. The molecule has 0 atom stereocenters. The number of hydrogen-bond donors (Lipinski definition) is 1. The normalized spacial score (nSPS) is 10.4. The zero-order valence-electron chi connectivity index (χ0n) is 7.27. The van der Waals surface area contributed by atoms with E-state index in [0.717, 1.165) is 0 Å². The molecule has 0 fully saturated rings. The summed E-state index contributed by atoms with van der Waals surface area (Å²) in [5.74, 6) is 0.252. The lowest BCUT2D eigenvalue weighted by Crippen LogP contribution is -2.03. The highest BCUT2D eigenvalue weighted by atomic mass is 16.4. The van der Waals surface area contributed by atoms with E-state index < -0.39 is 0 Å². The Morgan fingerprint density at radius 2 is 2.21 bits per heavy atom. The van der Waals surface area contributed by atoms with Crippen LogP contribution in [0.3, 0.4) is 0 Å². The number of rotatable bonds is 2. The summed E-state index contributed by atoms with van der Waals surface area (Å²) in [6.07, 6.45) is 4.26. The largest absolute Gasteiger partial charge is 0.472 e. The van der Waals surface area contributed by atoms with Gasteiger partial charge < -0.3 is 13.9 Å². The standard InChI is InChI=1S/C10H8O4/c11-4-8-3-10(12)9(6-14-8)7-1-2-13-5-7/h1-3,5-6,11H,4H2. The molecule has 14 heavy (non-hydrogen) atoms. The second-order valence-electron chi connectivity index (χ2n) is 2.79. The third-order valence-electron chi connectivity index (χ3n) is 1.87. The van der Waals surface area contributed by atoms with Crippen molar-refractivity contribution in [3.63, 3.8) is 0 Å². The van der Waals surface area contributed by atoms with Gasteiger partial charge in [-0.3, -0.25) is 4.79 Å². The molecule has 0 aliphatic heterocycles. The van der Waals surface area contributed by atoms with Crippen LogP contribution in [0.4, 0.5) is 0 Å². The van der Waals surface area contributed by atoms with Gasteiger partial charge in [0.25, 0.3) is 0 Å². The summed E-state index contributed by atoms with van der Waals surface area (Å²) >= 11 is 0. The van der Waals surface area contributed by atoms with Crippen molar-refractivity contribution in [1.82, 2.24) is 0 Å². The van der Waals surface area contributed by atoms with Gasteiger partial charge in [-0.2, -0.15) is 0 Å². The lowest BCUT2D eigenvalue weighted by Gasteiger charge is -1.97. The SMILES string of the molecule is O=c1cc(CO)occ1-c1ccoc1. The number of aliphatic hydroxyl groups is 1. The zero-order chi connectivity index (χ0) is 9.97. The van der Waals surface area contributed by atoms with Crippen molar-refractivity contribution in [2.24, 2.45) is 0 Å². The Balaban J connectivity index is 2.51. The molecule has 0 aliphatic rings. The second kappa shape index (κ2) is 3.51. The summed E-state index contributed by atoms with van der Waals surface area (Å²) in [5.41, 5.74) is 0.904. The van der Waals surface area contributed by atoms with Crippen molar-refractivity contribution in [3.05, 3.63) is 46.9 Å². The zero-order valence-corrected chi connectivity index (χ0v) is 7.27. The van der Waals surface area contributed by atoms with Crippen molar-refractivity contribution in [2.75, 3.05) is 0 Å². The first kappa shape index (κ1) is 8.77. The molecular formula is C10H8O4. The maximum absolute atomic E-state index is 11.5. The molecule has 1 N–H and O–H groups in total. The number of hydrogen-bond acceptors (Lipinski definition) is 4. The highest BCUT2D eigenvalue weighted by Gasteiger charge is 2.06. The van der Waals surface area contributed by atoms with Gasteiger partial charge in [0, 0.05) is 11.6 Å². The van der Waals surface area contributed by atoms with E-state index in [4.69, 9.17) is 13.9 Å². The van der Waals surface area contributed by atoms with Crippen LogP contribution in [0.25, 0.3) is 11.1 Å². The predicted octanol–water partition coefficient (Wildman–Crippen LogP) is 1.39. The fraction of sp³-hybridized carbons (Fsp3) is 0.100. The van der Waals surface area contributed by atoms with E-state index in [2.05, 4.69) is 0 Å². The highest BCUT2D eigenvalue weighted by molar-refractivity contribution is 5.60.